The molecule has 0 aromatic carbocycles. The van der Waals surface area contributed by atoms with Crippen molar-refractivity contribution in [2.45, 2.75) is 12.0 Å². The lowest BCUT2D eigenvalue weighted by Gasteiger charge is -2.16. The summed E-state index contributed by atoms with van der Waals surface area (Å²) < 4.78 is 11.9. The normalized spacial score (nSPS) is 38.2. The molecule has 0 amide bonds. The largest absolute Gasteiger partial charge is 0.322 e. The summed E-state index contributed by atoms with van der Waals surface area (Å²) >= 11 is 0. The summed E-state index contributed by atoms with van der Waals surface area (Å²) in [6.07, 6.45) is 0.767. The van der Waals surface area contributed by atoms with E-state index >= 15 is 0 Å². The van der Waals surface area contributed by atoms with Gasteiger partial charge in [-0.2, -0.15) is 0 Å². The third kappa shape index (κ3) is 0.980. The van der Waals surface area contributed by atoms with Crippen molar-refractivity contribution in [1.29, 1.82) is 0 Å². The molecule has 3 heteroatoms. The Morgan fingerprint density at radius 1 is 1.75 bits per heavy atom. The molecule has 1 rings (SSSR count). The Morgan fingerprint density at radius 2 is 2.50 bits per heavy atom. The Hall–Kier alpha value is -0.150. The van der Waals surface area contributed by atoms with E-state index in [0.717, 1.165) is 13.0 Å². The lowest BCUT2D eigenvalue weighted by molar-refractivity contribution is 0.328. The third-order valence-corrected chi connectivity index (χ3v) is 1.54. The van der Waals surface area contributed by atoms with Crippen molar-refractivity contribution in [3.63, 3.8) is 0 Å². The van der Waals surface area contributed by atoms with E-state index in [1.165, 1.54) is 0 Å². The van der Waals surface area contributed by atoms with Crippen LogP contribution in [0.4, 0.5) is 4.39 Å². The SMILES string of the molecule is N[C@]1(CF)CCNC1. The highest BCUT2D eigenvalue weighted by Crippen LogP contribution is 2.10. The summed E-state index contributed by atoms with van der Waals surface area (Å²) in [5, 5.41) is 3.00. The average Bonchev–Trinajstić information content (AvgIpc) is 2.17. The molecule has 0 spiro atoms. The van der Waals surface area contributed by atoms with E-state index in [-0.39, 0.29) is 0 Å². The monoisotopic (exact) mass is 118 g/mol. The average molecular weight is 118 g/mol. The maximum absolute atomic E-state index is 11.9. The van der Waals surface area contributed by atoms with Gasteiger partial charge in [-0.05, 0) is 13.0 Å². The maximum Gasteiger partial charge on any atom is 0.109 e. The first kappa shape index (κ1) is 5.98. The van der Waals surface area contributed by atoms with Crippen molar-refractivity contribution in [3.05, 3.63) is 0 Å². The fourth-order valence-electron chi connectivity index (χ4n) is 0.877. The minimum absolute atomic E-state index is 0.403. The molecule has 1 saturated heterocycles. The van der Waals surface area contributed by atoms with Crippen LogP contribution in [0.2, 0.25) is 0 Å². The molecule has 0 saturated carbocycles. The lowest BCUT2D eigenvalue weighted by Crippen LogP contribution is -2.43. The van der Waals surface area contributed by atoms with Crippen LogP contribution >= 0.6 is 0 Å². The molecule has 0 aliphatic carbocycles. The summed E-state index contributed by atoms with van der Waals surface area (Å²) in [5.41, 5.74) is 4.98. The summed E-state index contributed by atoms with van der Waals surface area (Å²) in [4.78, 5) is 0. The molecule has 2 nitrogen and oxygen atoms in total. The van der Waals surface area contributed by atoms with E-state index in [1.807, 2.05) is 0 Å². The first-order valence-corrected chi connectivity index (χ1v) is 2.82. The van der Waals surface area contributed by atoms with Gasteiger partial charge >= 0.3 is 0 Å². The zero-order chi connectivity index (χ0) is 6.04. The van der Waals surface area contributed by atoms with Gasteiger partial charge in [0.05, 0.1) is 5.54 Å². The highest BCUT2D eigenvalue weighted by molar-refractivity contribution is 4.91. The molecule has 0 aromatic heterocycles. The van der Waals surface area contributed by atoms with E-state index in [9.17, 15) is 4.39 Å². The van der Waals surface area contributed by atoms with Gasteiger partial charge in [-0.3, -0.25) is 0 Å². The molecule has 0 unspecified atom stereocenters. The predicted molar refractivity (Wildman–Crippen MR) is 30.4 cm³/mol. The number of nitrogens with two attached hydrogens (primary N) is 1. The molecule has 1 aliphatic heterocycles. The fourth-order valence-corrected chi connectivity index (χ4v) is 0.877. The van der Waals surface area contributed by atoms with Gasteiger partial charge in [0.2, 0.25) is 0 Å². The van der Waals surface area contributed by atoms with Crippen molar-refractivity contribution in [2.75, 3.05) is 19.8 Å². The zero-order valence-corrected chi connectivity index (χ0v) is 4.78. The van der Waals surface area contributed by atoms with Crippen LogP contribution < -0.4 is 11.1 Å². The van der Waals surface area contributed by atoms with Crippen LogP contribution in [0.5, 0.6) is 0 Å². The van der Waals surface area contributed by atoms with E-state index in [0.29, 0.717) is 6.54 Å². The van der Waals surface area contributed by atoms with E-state index < -0.39 is 12.2 Å². The van der Waals surface area contributed by atoms with Gasteiger partial charge in [-0.25, -0.2) is 4.39 Å². The minimum atomic E-state index is -0.542. The number of hydrogen-bond donors (Lipinski definition) is 2. The van der Waals surface area contributed by atoms with Crippen LogP contribution in [0.3, 0.4) is 0 Å². The van der Waals surface area contributed by atoms with Gasteiger partial charge in [-0.15, -0.1) is 0 Å². The number of alkyl halides is 1. The quantitative estimate of drug-likeness (QED) is 0.493. The number of hydrogen-bond acceptors (Lipinski definition) is 2. The van der Waals surface area contributed by atoms with Gasteiger partial charge in [0, 0.05) is 6.54 Å². The lowest BCUT2D eigenvalue weighted by atomic mass is 10.0. The van der Waals surface area contributed by atoms with Crippen molar-refractivity contribution < 1.29 is 4.39 Å². The molecule has 8 heavy (non-hydrogen) atoms. The highest BCUT2D eigenvalue weighted by atomic mass is 19.1. The minimum Gasteiger partial charge on any atom is -0.322 e. The zero-order valence-electron chi connectivity index (χ0n) is 4.78. The number of halogens is 1. The first-order chi connectivity index (χ1) is 3.77. The van der Waals surface area contributed by atoms with Crippen LogP contribution in [-0.4, -0.2) is 25.3 Å². The molecular formula is C5H11FN2. The van der Waals surface area contributed by atoms with Gasteiger partial charge in [0.1, 0.15) is 6.67 Å². The molecular weight excluding hydrogens is 107 g/mol. The van der Waals surface area contributed by atoms with Crippen LogP contribution in [0, 0.1) is 0 Å². The second-order valence-electron chi connectivity index (χ2n) is 2.42. The summed E-state index contributed by atoms with van der Waals surface area (Å²) in [5.74, 6) is 0. The van der Waals surface area contributed by atoms with Crippen molar-refractivity contribution in [1.82, 2.24) is 5.32 Å². The van der Waals surface area contributed by atoms with Crippen molar-refractivity contribution >= 4 is 0 Å². The van der Waals surface area contributed by atoms with E-state index in [1.54, 1.807) is 0 Å². The number of nitrogens with one attached hydrogen (secondary N) is 1. The Morgan fingerprint density at radius 3 is 2.75 bits per heavy atom. The van der Waals surface area contributed by atoms with Gasteiger partial charge in [0.15, 0.2) is 0 Å². The van der Waals surface area contributed by atoms with Crippen LogP contribution in [-0.2, 0) is 0 Å². The van der Waals surface area contributed by atoms with Gasteiger partial charge < -0.3 is 11.1 Å². The molecule has 3 N–H and O–H groups in total. The molecule has 0 aromatic rings. The van der Waals surface area contributed by atoms with Crippen LogP contribution in [0.25, 0.3) is 0 Å². The maximum atomic E-state index is 11.9. The van der Waals surface area contributed by atoms with E-state index in [2.05, 4.69) is 5.32 Å². The van der Waals surface area contributed by atoms with Gasteiger partial charge in [0.25, 0.3) is 0 Å². The molecule has 1 aliphatic rings. The molecule has 1 fully saturated rings. The summed E-state index contributed by atoms with van der Waals surface area (Å²) in [6.45, 7) is 1.09. The third-order valence-electron chi connectivity index (χ3n) is 1.54. The first-order valence-electron chi connectivity index (χ1n) is 2.82. The molecule has 1 heterocycles. The number of rotatable bonds is 1. The smallest absolute Gasteiger partial charge is 0.109 e. The second-order valence-corrected chi connectivity index (χ2v) is 2.42. The Balaban J connectivity index is 2.40. The Labute approximate surface area is 48.2 Å². The molecule has 1 atom stereocenters. The molecule has 48 valence electrons. The van der Waals surface area contributed by atoms with Crippen molar-refractivity contribution in [3.8, 4) is 0 Å². The van der Waals surface area contributed by atoms with Crippen LogP contribution in [0.15, 0.2) is 0 Å². The fraction of sp³-hybridized carbons (Fsp3) is 1.00. The van der Waals surface area contributed by atoms with Gasteiger partial charge in [-0.1, -0.05) is 0 Å². The second kappa shape index (κ2) is 1.99. The molecule has 0 radical (unpaired) electrons. The van der Waals surface area contributed by atoms with Crippen LogP contribution in [0.1, 0.15) is 6.42 Å². The van der Waals surface area contributed by atoms with E-state index in [4.69, 9.17) is 5.73 Å². The standard InChI is InChI=1S/C5H11FN2/c6-3-5(7)1-2-8-4-5/h8H,1-4,7H2/t5-/m0/s1. The topological polar surface area (TPSA) is 38.0 Å². The molecule has 0 bridgehead atoms. The summed E-state index contributed by atoms with van der Waals surface area (Å²) in [6, 6.07) is 0. The highest BCUT2D eigenvalue weighted by Gasteiger charge is 2.28. The predicted octanol–water partition coefficient (Wildman–Crippen LogP) is -0.353. The Kier molecular flexibility index (Phi) is 1.49. The summed E-state index contributed by atoms with van der Waals surface area (Å²) in [7, 11) is 0. The Bertz CT molecular complexity index is 78.5. The van der Waals surface area contributed by atoms with Crippen molar-refractivity contribution in [2.24, 2.45) is 5.73 Å².